The zero-order valence-corrected chi connectivity index (χ0v) is 17.5. The predicted molar refractivity (Wildman–Crippen MR) is 109 cm³/mol. The number of hydrogen-bond donors (Lipinski definition) is 1. The van der Waals surface area contributed by atoms with Gasteiger partial charge in [-0.3, -0.25) is 18.7 Å². The highest BCUT2D eigenvalue weighted by molar-refractivity contribution is 8.00. The quantitative estimate of drug-likeness (QED) is 0.608. The molecule has 0 saturated carbocycles. The van der Waals surface area contributed by atoms with Gasteiger partial charge < -0.3 is 9.67 Å². The second kappa shape index (κ2) is 7.65. The van der Waals surface area contributed by atoms with E-state index in [4.69, 9.17) is 23.2 Å². The molecule has 3 aromatic rings. The molecule has 0 fully saturated rings. The fraction of sp³-hybridized carbons (Fsp3) is 0.294. The normalized spacial score (nSPS) is 12.5. The molecule has 8 nitrogen and oxygen atoms in total. The molecule has 0 bridgehead atoms. The van der Waals surface area contributed by atoms with Crippen LogP contribution in [0, 0.1) is 0 Å². The zero-order valence-electron chi connectivity index (χ0n) is 15.1. The molecule has 0 aliphatic carbocycles. The lowest BCUT2D eigenvalue weighted by atomic mass is 10.2. The third-order valence-electron chi connectivity index (χ3n) is 4.29. The van der Waals surface area contributed by atoms with E-state index >= 15 is 0 Å². The van der Waals surface area contributed by atoms with Crippen LogP contribution in [0.1, 0.15) is 12.5 Å². The van der Waals surface area contributed by atoms with Crippen LogP contribution in [0.25, 0.3) is 11.2 Å². The number of thioether (sulfide) groups is 1. The zero-order chi connectivity index (χ0) is 20.7. The monoisotopic (exact) mass is 442 g/mol. The fourth-order valence-electron chi connectivity index (χ4n) is 2.69. The van der Waals surface area contributed by atoms with Crippen molar-refractivity contribution < 1.29 is 9.90 Å². The van der Waals surface area contributed by atoms with Gasteiger partial charge in [0.05, 0.1) is 6.54 Å². The molecular weight excluding hydrogens is 427 g/mol. The Kier molecular flexibility index (Phi) is 5.60. The smallest absolute Gasteiger partial charge is 0.332 e. The van der Waals surface area contributed by atoms with Crippen LogP contribution in [0.3, 0.4) is 0 Å². The Morgan fingerprint density at radius 3 is 2.54 bits per heavy atom. The van der Waals surface area contributed by atoms with Gasteiger partial charge in [0.1, 0.15) is 5.25 Å². The maximum absolute atomic E-state index is 12.8. The number of aromatic nitrogens is 4. The van der Waals surface area contributed by atoms with E-state index in [1.807, 2.05) is 0 Å². The summed E-state index contributed by atoms with van der Waals surface area (Å²) in [6.45, 7) is 1.68. The average molecular weight is 443 g/mol. The van der Waals surface area contributed by atoms with Crippen molar-refractivity contribution in [3.63, 3.8) is 0 Å². The minimum atomic E-state index is -1.02. The van der Waals surface area contributed by atoms with E-state index in [1.165, 1.54) is 25.6 Å². The van der Waals surface area contributed by atoms with E-state index in [2.05, 4.69) is 4.98 Å². The molecule has 28 heavy (non-hydrogen) atoms. The highest BCUT2D eigenvalue weighted by Crippen LogP contribution is 2.29. The molecule has 0 amide bonds. The lowest BCUT2D eigenvalue weighted by Gasteiger charge is -2.12. The molecule has 1 N–H and O–H groups in total. The number of carbonyl (C=O) groups is 1. The van der Waals surface area contributed by atoms with Crippen LogP contribution in [0.15, 0.2) is 32.9 Å². The fourth-order valence-corrected chi connectivity index (χ4v) is 4.00. The number of rotatable bonds is 5. The molecule has 3 rings (SSSR count). The summed E-state index contributed by atoms with van der Waals surface area (Å²) in [6.07, 6.45) is 0. The van der Waals surface area contributed by atoms with Crippen LogP contribution >= 0.6 is 35.0 Å². The first-order valence-corrected chi connectivity index (χ1v) is 9.75. The molecule has 1 aromatic carbocycles. The van der Waals surface area contributed by atoms with Crippen molar-refractivity contribution in [1.82, 2.24) is 18.7 Å². The van der Waals surface area contributed by atoms with Crippen molar-refractivity contribution in [2.24, 2.45) is 14.1 Å². The number of aryl methyl sites for hydroxylation is 1. The van der Waals surface area contributed by atoms with E-state index in [9.17, 15) is 19.5 Å². The lowest BCUT2D eigenvalue weighted by Crippen LogP contribution is -2.37. The summed E-state index contributed by atoms with van der Waals surface area (Å²) in [4.78, 5) is 40.7. The Morgan fingerprint density at radius 2 is 1.93 bits per heavy atom. The van der Waals surface area contributed by atoms with Crippen molar-refractivity contribution in [2.75, 3.05) is 0 Å². The first-order chi connectivity index (χ1) is 13.1. The summed E-state index contributed by atoms with van der Waals surface area (Å²) in [7, 11) is 2.88. The van der Waals surface area contributed by atoms with E-state index in [0.29, 0.717) is 20.8 Å². The summed E-state index contributed by atoms with van der Waals surface area (Å²) >= 11 is 13.2. The van der Waals surface area contributed by atoms with Crippen molar-refractivity contribution in [3.8, 4) is 0 Å². The molecule has 2 heterocycles. The minimum absolute atomic E-state index is 0.161. The maximum Gasteiger partial charge on any atom is 0.332 e. The number of imidazole rings is 1. The number of aliphatic carboxylic acids is 1. The summed E-state index contributed by atoms with van der Waals surface area (Å²) in [5, 5.41) is 9.62. The predicted octanol–water partition coefficient (Wildman–Crippen LogP) is 2.35. The third kappa shape index (κ3) is 3.57. The van der Waals surface area contributed by atoms with Crippen LogP contribution in [0.4, 0.5) is 0 Å². The Morgan fingerprint density at radius 1 is 1.25 bits per heavy atom. The Hall–Kier alpha value is -2.23. The highest BCUT2D eigenvalue weighted by Gasteiger charge is 2.23. The van der Waals surface area contributed by atoms with Gasteiger partial charge in [0, 0.05) is 24.1 Å². The summed E-state index contributed by atoms with van der Waals surface area (Å²) in [5.41, 5.74) is 0.0000958. The van der Waals surface area contributed by atoms with E-state index in [1.54, 1.807) is 22.8 Å². The van der Waals surface area contributed by atoms with Crippen molar-refractivity contribution in [2.45, 2.75) is 23.9 Å². The van der Waals surface area contributed by atoms with Crippen LogP contribution in [0.2, 0.25) is 10.0 Å². The minimum Gasteiger partial charge on any atom is -0.480 e. The molecule has 0 aliphatic rings. The second-order valence-corrected chi connectivity index (χ2v) is 8.34. The number of halogens is 2. The van der Waals surface area contributed by atoms with Gasteiger partial charge in [-0.15, -0.1) is 0 Å². The van der Waals surface area contributed by atoms with Crippen LogP contribution in [-0.4, -0.2) is 35.0 Å². The molecule has 0 spiro atoms. The standard InChI is InChI=1S/C17H16Cl2N4O4S/c1-8(15(25)26)28-16-20-13-12(14(24)22(3)17(27)21(13)2)23(16)7-9-4-5-10(18)6-11(9)19/h4-6,8H,7H2,1-3H3,(H,25,26). The number of hydrogen-bond acceptors (Lipinski definition) is 5. The highest BCUT2D eigenvalue weighted by atomic mass is 35.5. The number of carboxylic acid groups (broad SMARTS) is 1. The molecule has 0 aliphatic heterocycles. The molecular formula is C17H16Cl2N4O4S. The van der Waals surface area contributed by atoms with Gasteiger partial charge in [0.25, 0.3) is 5.56 Å². The number of fused-ring (bicyclic) bond motifs is 1. The van der Waals surface area contributed by atoms with E-state index in [-0.39, 0.29) is 17.7 Å². The van der Waals surface area contributed by atoms with Gasteiger partial charge in [-0.2, -0.15) is 0 Å². The number of carboxylic acids is 1. The van der Waals surface area contributed by atoms with Gasteiger partial charge in [-0.05, 0) is 24.6 Å². The summed E-state index contributed by atoms with van der Waals surface area (Å²) < 4.78 is 3.82. The first kappa shape index (κ1) is 20.5. The Bertz CT molecular complexity index is 1210. The van der Waals surface area contributed by atoms with Crippen LogP contribution < -0.4 is 11.2 Å². The molecule has 1 unspecified atom stereocenters. The van der Waals surface area contributed by atoms with Gasteiger partial charge in [0.15, 0.2) is 16.3 Å². The van der Waals surface area contributed by atoms with Crippen LogP contribution in [0.5, 0.6) is 0 Å². The first-order valence-electron chi connectivity index (χ1n) is 8.11. The topological polar surface area (TPSA) is 99.1 Å². The average Bonchev–Trinajstić information content (AvgIpc) is 2.98. The Balaban J connectivity index is 2.29. The van der Waals surface area contributed by atoms with Gasteiger partial charge in [-0.25, -0.2) is 9.78 Å². The van der Waals surface area contributed by atoms with Crippen molar-refractivity contribution in [3.05, 3.63) is 54.6 Å². The number of benzene rings is 1. The molecule has 0 saturated heterocycles. The van der Waals surface area contributed by atoms with Gasteiger partial charge in [0.2, 0.25) is 0 Å². The summed E-state index contributed by atoms with van der Waals surface area (Å²) in [6, 6.07) is 4.97. The lowest BCUT2D eigenvalue weighted by molar-refractivity contribution is -0.136. The molecule has 11 heteroatoms. The Labute approximate surface area is 173 Å². The molecule has 0 radical (unpaired) electrons. The van der Waals surface area contributed by atoms with Crippen LogP contribution in [-0.2, 0) is 25.4 Å². The SMILES string of the molecule is CC(Sc1nc2c(c(=O)n(C)c(=O)n2C)n1Cc1ccc(Cl)cc1Cl)C(=O)O. The number of nitrogens with zero attached hydrogens (tertiary/aromatic N) is 4. The van der Waals surface area contributed by atoms with Gasteiger partial charge in [-0.1, -0.05) is 41.0 Å². The van der Waals surface area contributed by atoms with E-state index < -0.39 is 22.5 Å². The molecule has 2 aromatic heterocycles. The van der Waals surface area contributed by atoms with Crippen molar-refractivity contribution >= 4 is 52.1 Å². The summed E-state index contributed by atoms with van der Waals surface area (Å²) in [5.74, 6) is -1.02. The molecule has 148 valence electrons. The second-order valence-electron chi connectivity index (χ2n) is 6.19. The van der Waals surface area contributed by atoms with Crippen molar-refractivity contribution in [1.29, 1.82) is 0 Å². The largest absolute Gasteiger partial charge is 0.480 e. The molecule has 1 atom stereocenters. The third-order valence-corrected chi connectivity index (χ3v) is 5.95. The maximum atomic E-state index is 12.8. The van der Waals surface area contributed by atoms with Gasteiger partial charge >= 0.3 is 11.7 Å². The van der Waals surface area contributed by atoms with E-state index in [0.717, 1.165) is 16.3 Å².